The SMILES string of the molecule is N#CNC=Nc1cccnc1. The number of nitrogens with one attached hydrogen (secondary N) is 1. The third-order valence-electron chi connectivity index (χ3n) is 0.989. The standard InChI is InChI=1S/C7H6N4/c8-5-10-6-11-7-2-1-3-9-4-7/h1-4,6H,(H,10,11). The minimum atomic E-state index is 0.718. The van der Waals surface area contributed by atoms with E-state index >= 15 is 0 Å². The van der Waals surface area contributed by atoms with Gasteiger partial charge in [0.15, 0.2) is 6.19 Å². The summed E-state index contributed by atoms with van der Waals surface area (Å²) in [5.41, 5.74) is 0.718. The van der Waals surface area contributed by atoms with Gasteiger partial charge in [0.1, 0.15) is 6.34 Å². The van der Waals surface area contributed by atoms with Crippen LogP contribution in [0.3, 0.4) is 0 Å². The lowest BCUT2D eigenvalue weighted by Gasteiger charge is -1.87. The van der Waals surface area contributed by atoms with Gasteiger partial charge in [-0.3, -0.25) is 10.3 Å². The summed E-state index contributed by atoms with van der Waals surface area (Å²) in [7, 11) is 0. The predicted molar refractivity (Wildman–Crippen MR) is 41.1 cm³/mol. The van der Waals surface area contributed by atoms with Gasteiger partial charge in [0.25, 0.3) is 0 Å². The molecule has 0 saturated carbocycles. The molecule has 4 heteroatoms. The van der Waals surface area contributed by atoms with E-state index in [-0.39, 0.29) is 0 Å². The molecule has 11 heavy (non-hydrogen) atoms. The molecule has 0 saturated heterocycles. The van der Waals surface area contributed by atoms with Gasteiger partial charge in [-0.15, -0.1) is 0 Å². The van der Waals surface area contributed by atoms with Gasteiger partial charge in [-0.1, -0.05) is 0 Å². The molecule has 0 spiro atoms. The molecule has 0 radical (unpaired) electrons. The first-order valence-corrected chi connectivity index (χ1v) is 3.00. The maximum atomic E-state index is 8.08. The summed E-state index contributed by atoms with van der Waals surface area (Å²) >= 11 is 0. The Morgan fingerprint density at radius 3 is 3.27 bits per heavy atom. The van der Waals surface area contributed by atoms with Crippen LogP contribution in [-0.4, -0.2) is 11.3 Å². The van der Waals surface area contributed by atoms with Crippen LogP contribution in [0.25, 0.3) is 0 Å². The summed E-state index contributed by atoms with van der Waals surface area (Å²) in [5.74, 6) is 0. The van der Waals surface area contributed by atoms with Gasteiger partial charge < -0.3 is 0 Å². The van der Waals surface area contributed by atoms with Crippen molar-refractivity contribution in [3.63, 3.8) is 0 Å². The highest BCUT2D eigenvalue weighted by Gasteiger charge is 1.81. The summed E-state index contributed by atoms with van der Waals surface area (Å²) in [4.78, 5) is 7.71. The number of aliphatic imine (C=N–C) groups is 1. The van der Waals surface area contributed by atoms with Crippen LogP contribution in [0.5, 0.6) is 0 Å². The Hall–Kier alpha value is -1.89. The zero-order chi connectivity index (χ0) is 7.94. The molecule has 0 aliphatic carbocycles. The lowest BCUT2D eigenvalue weighted by molar-refractivity contribution is 1.27. The summed E-state index contributed by atoms with van der Waals surface area (Å²) in [6.45, 7) is 0. The molecule has 1 aromatic heterocycles. The molecule has 1 N–H and O–H groups in total. The van der Waals surface area contributed by atoms with Crippen molar-refractivity contribution in [2.45, 2.75) is 0 Å². The zero-order valence-corrected chi connectivity index (χ0v) is 5.73. The van der Waals surface area contributed by atoms with Crippen LogP contribution in [0.2, 0.25) is 0 Å². The van der Waals surface area contributed by atoms with Gasteiger partial charge >= 0.3 is 0 Å². The molecule has 1 heterocycles. The molecule has 0 aliphatic rings. The Morgan fingerprint density at radius 2 is 2.64 bits per heavy atom. The molecule has 0 fully saturated rings. The number of nitrogens with zero attached hydrogens (tertiary/aromatic N) is 3. The molecule has 0 aliphatic heterocycles. The molecular formula is C7H6N4. The van der Waals surface area contributed by atoms with Gasteiger partial charge in [0, 0.05) is 6.20 Å². The third-order valence-corrected chi connectivity index (χ3v) is 0.989. The van der Waals surface area contributed by atoms with Gasteiger partial charge in [-0.05, 0) is 12.1 Å². The molecule has 1 rings (SSSR count). The van der Waals surface area contributed by atoms with Crippen molar-refractivity contribution in [3.05, 3.63) is 24.5 Å². The fourth-order valence-electron chi connectivity index (χ4n) is 0.566. The summed E-state index contributed by atoms with van der Waals surface area (Å²) in [6.07, 6.45) is 6.30. The molecule has 0 unspecified atom stereocenters. The van der Waals surface area contributed by atoms with E-state index in [0.717, 1.165) is 5.69 Å². The minimum Gasteiger partial charge on any atom is -0.283 e. The van der Waals surface area contributed by atoms with E-state index < -0.39 is 0 Å². The van der Waals surface area contributed by atoms with Crippen LogP contribution in [0.1, 0.15) is 0 Å². The van der Waals surface area contributed by atoms with Gasteiger partial charge in [0.2, 0.25) is 0 Å². The molecule has 0 atom stereocenters. The van der Waals surface area contributed by atoms with Gasteiger partial charge in [-0.25, -0.2) is 4.99 Å². The van der Waals surface area contributed by atoms with Gasteiger partial charge in [0.05, 0.1) is 11.9 Å². The van der Waals surface area contributed by atoms with E-state index in [1.807, 2.05) is 0 Å². The zero-order valence-electron chi connectivity index (χ0n) is 5.73. The van der Waals surface area contributed by atoms with Gasteiger partial charge in [-0.2, -0.15) is 5.26 Å². The summed E-state index contributed by atoms with van der Waals surface area (Å²) in [5, 5.41) is 10.4. The molecule has 0 bridgehead atoms. The monoisotopic (exact) mass is 146 g/mol. The lowest BCUT2D eigenvalue weighted by atomic mass is 10.4. The first kappa shape index (κ1) is 7.22. The van der Waals surface area contributed by atoms with Crippen LogP contribution in [0.15, 0.2) is 29.5 Å². The maximum absolute atomic E-state index is 8.08. The molecule has 54 valence electrons. The molecule has 4 nitrogen and oxygen atoms in total. The lowest BCUT2D eigenvalue weighted by Crippen LogP contribution is -1.98. The van der Waals surface area contributed by atoms with Crippen molar-refractivity contribution in [2.75, 3.05) is 0 Å². The van der Waals surface area contributed by atoms with E-state index in [4.69, 9.17) is 5.26 Å². The smallest absolute Gasteiger partial charge is 0.182 e. The predicted octanol–water partition coefficient (Wildman–Crippen LogP) is 0.812. The number of aromatic nitrogens is 1. The highest BCUT2D eigenvalue weighted by molar-refractivity contribution is 5.61. The molecule has 1 aromatic rings. The van der Waals surface area contributed by atoms with Crippen molar-refractivity contribution in [1.29, 1.82) is 5.26 Å². The fourth-order valence-corrected chi connectivity index (χ4v) is 0.566. The number of hydrogen-bond donors (Lipinski definition) is 1. The molecule has 0 amide bonds. The Morgan fingerprint density at radius 1 is 1.73 bits per heavy atom. The van der Waals surface area contributed by atoms with Crippen LogP contribution >= 0.6 is 0 Å². The van der Waals surface area contributed by atoms with Crippen LogP contribution < -0.4 is 5.32 Å². The second kappa shape index (κ2) is 4.01. The quantitative estimate of drug-likeness (QED) is 0.290. The Kier molecular flexibility index (Phi) is 2.63. The van der Waals surface area contributed by atoms with Crippen molar-refractivity contribution >= 4 is 12.0 Å². The first-order chi connectivity index (χ1) is 5.43. The number of pyridine rings is 1. The van der Waals surface area contributed by atoms with E-state index in [1.165, 1.54) is 6.34 Å². The van der Waals surface area contributed by atoms with Crippen molar-refractivity contribution in [1.82, 2.24) is 10.3 Å². The van der Waals surface area contributed by atoms with E-state index in [1.54, 1.807) is 30.7 Å². The third kappa shape index (κ3) is 2.45. The van der Waals surface area contributed by atoms with Crippen LogP contribution in [-0.2, 0) is 0 Å². The second-order valence-corrected chi connectivity index (χ2v) is 1.73. The summed E-state index contributed by atoms with van der Waals surface area (Å²) < 4.78 is 0. The first-order valence-electron chi connectivity index (χ1n) is 3.00. The van der Waals surface area contributed by atoms with Crippen molar-refractivity contribution in [3.8, 4) is 6.19 Å². The van der Waals surface area contributed by atoms with E-state index in [2.05, 4.69) is 15.3 Å². The topological polar surface area (TPSA) is 61.1 Å². The highest BCUT2D eigenvalue weighted by atomic mass is 14.9. The van der Waals surface area contributed by atoms with Crippen LogP contribution in [0.4, 0.5) is 5.69 Å². The highest BCUT2D eigenvalue weighted by Crippen LogP contribution is 2.05. The van der Waals surface area contributed by atoms with Crippen LogP contribution in [0, 0.1) is 11.5 Å². The summed E-state index contributed by atoms with van der Waals surface area (Å²) in [6, 6.07) is 3.57. The number of hydrogen-bond acceptors (Lipinski definition) is 3. The van der Waals surface area contributed by atoms with E-state index in [9.17, 15) is 0 Å². The fraction of sp³-hybridized carbons (Fsp3) is 0. The number of rotatable bonds is 2. The Balaban J connectivity index is 2.59. The second-order valence-electron chi connectivity index (χ2n) is 1.73. The Labute approximate surface area is 64.2 Å². The molecular weight excluding hydrogens is 140 g/mol. The van der Waals surface area contributed by atoms with Crippen molar-refractivity contribution < 1.29 is 0 Å². The average Bonchev–Trinajstić information content (AvgIpc) is 2.07. The van der Waals surface area contributed by atoms with Crippen molar-refractivity contribution in [2.24, 2.45) is 4.99 Å². The Bertz CT molecular complexity index is 272. The largest absolute Gasteiger partial charge is 0.283 e. The average molecular weight is 146 g/mol. The minimum absolute atomic E-state index is 0.718. The normalized spacial score (nSPS) is 9.36. The maximum Gasteiger partial charge on any atom is 0.182 e. The van der Waals surface area contributed by atoms with E-state index in [0.29, 0.717) is 0 Å². The number of nitriles is 1. The molecule has 0 aromatic carbocycles.